The number of Topliss-reactive ketones (excluding diaryl/α,β-unsaturated/α-hetero) is 1. The van der Waals surface area contributed by atoms with Gasteiger partial charge >= 0.3 is 5.97 Å². The van der Waals surface area contributed by atoms with Gasteiger partial charge in [0.2, 0.25) is 10.0 Å². The molecule has 0 radical (unpaired) electrons. The SMILES string of the molecule is COC(=O)CC(=O)CC(O)(CCC#Cc1cccc(S(N)(=O)=O)c1)C1CCCC1. The van der Waals surface area contributed by atoms with Gasteiger partial charge < -0.3 is 9.84 Å². The Morgan fingerprint density at radius 2 is 2.00 bits per heavy atom. The first kappa shape index (κ1) is 23.1. The Balaban J connectivity index is 2.06. The van der Waals surface area contributed by atoms with Gasteiger partial charge in [-0.3, -0.25) is 9.59 Å². The summed E-state index contributed by atoms with van der Waals surface area (Å²) < 4.78 is 27.4. The summed E-state index contributed by atoms with van der Waals surface area (Å²) in [6.07, 6.45) is 3.86. The van der Waals surface area contributed by atoms with Crippen LogP contribution in [0.3, 0.4) is 0 Å². The van der Waals surface area contributed by atoms with Crippen molar-refractivity contribution in [3.8, 4) is 11.8 Å². The molecule has 0 aliphatic heterocycles. The molecule has 1 aromatic carbocycles. The lowest BCUT2D eigenvalue weighted by atomic mass is 9.78. The lowest BCUT2D eigenvalue weighted by Crippen LogP contribution is -2.39. The summed E-state index contributed by atoms with van der Waals surface area (Å²) in [7, 11) is -2.58. The number of hydrogen-bond acceptors (Lipinski definition) is 6. The van der Waals surface area contributed by atoms with E-state index >= 15 is 0 Å². The lowest BCUT2D eigenvalue weighted by molar-refractivity contribution is -0.144. The van der Waals surface area contributed by atoms with Gasteiger partial charge in [0.1, 0.15) is 12.2 Å². The number of benzene rings is 1. The van der Waals surface area contributed by atoms with E-state index in [2.05, 4.69) is 16.6 Å². The van der Waals surface area contributed by atoms with Crippen molar-refractivity contribution in [3.05, 3.63) is 29.8 Å². The Hall–Kier alpha value is -2.21. The molecule has 7 nitrogen and oxygen atoms in total. The second kappa shape index (κ2) is 10.0. The molecule has 158 valence electrons. The third-order valence-electron chi connectivity index (χ3n) is 5.27. The maximum absolute atomic E-state index is 12.2. The normalized spacial score (nSPS) is 16.5. The quantitative estimate of drug-likeness (QED) is 0.375. The molecule has 1 aliphatic carbocycles. The van der Waals surface area contributed by atoms with Crippen LogP contribution in [0.1, 0.15) is 56.9 Å². The fourth-order valence-electron chi connectivity index (χ4n) is 3.73. The van der Waals surface area contributed by atoms with E-state index < -0.39 is 21.6 Å². The molecule has 1 aromatic rings. The van der Waals surface area contributed by atoms with Crippen molar-refractivity contribution >= 4 is 21.8 Å². The number of nitrogens with two attached hydrogens (primary N) is 1. The Bertz CT molecular complexity index is 909. The summed E-state index contributed by atoms with van der Waals surface area (Å²) in [4.78, 5) is 23.5. The molecule has 0 amide bonds. The van der Waals surface area contributed by atoms with Crippen LogP contribution in [-0.4, -0.2) is 38.0 Å². The third-order valence-corrected chi connectivity index (χ3v) is 6.18. The number of hydrogen-bond donors (Lipinski definition) is 2. The Morgan fingerprint density at radius 1 is 1.31 bits per heavy atom. The fraction of sp³-hybridized carbons (Fsp3) is 0.524. The standard InChI is InChI=1S/C21H27NO6S/c1-28-20(24)14-18(23)15-21(25,17-9-2-3-10-17)12-5-4-7-16-8-6-11-19(13-16)29(22,26)27/h6,8,11,13,17,25H,2-3,5,9-10,12,14-15H2,1H3,(H2,22,26,27). The van der Waals surface area contributed by atoms with Crippen LogP contribution in [0.2, 0.25) is 0 Å². The Kier molecular flexibility index (Phi) is 7.96. The lowest BCUT2D eigenvalue weighted by Gasteiger charge is -2.33. The van der Waals surface area contributed by atoms with Crippen molar-refractivity contribution in [2.45, 2.75) is 61.9 Å². The monoisotopic (exact) mass is 421 g/mol. The van der Waals surface area contributed by atoms with E-state index in [1.165, 1.54) is 19.2 Å². The van der Waals surface area contributed by atoms with Crippen LogP contribution in [0, 0.1) is 17.8 Å². The smallest absolute Gasteiger partial charge is 0.313 e. The highest BCUT2D eigenvalue weighted by atomic mass is 32.2. The maximum atomic E-state index is 12.2. The molecule has 2 rings (SSSR count). The predicted molar refractivity (Wildman–Crippen MR) is 107 cm³/mol. The number of aliphatic hydroxyl groups is 1. The number of sulfonamides is 1. The average molecular weight is 422 g/mol. The molecular weight excluding hydrogens is 394 g/mol. The molecule has 8 heteroatoms. The van der Waals surface area contributed by atoms with Crippen LogP contribution in [0.5, 0.6) is 0 Å². The molecule has 1 unspecified atom stereocenters. The minimum atomic E-state index is -3.80. The molecule has 0 spiro atoms. The van der Waals surface area contributed by atoms with Crippen molar-refractivity contribution in [2.75, 3.05) is 7.11 Å². The van der Waals surface area contributed by atoms with E-state index in [1.54, 1.807) is 12.1 Å². The van der Waals surface area contributed by atoms with Gasteiger partial charge in [-0.15, -0.1) is 0 Å². The number of carbonyl (C=O) groups excluding carboxylic acids is 2. The zero-order valence-electron chi connectivity index (χ0n) is 16.5. The van der Waals surface area contributed by atoms with Crippen LogP contribution in [-0.2, 0) is 24.3 Å². The van der Waals surface area contributed by atoms with E-state index in [1.807, 2.05) is 0 Å². The summed E-state index contributed by atoms with van der Waals surface area (Å²) in [6, 6.07) is 6.02. The first-order valence-electron chi connectivity index (χ1n) is 9.57. The minimum absolute atomic E-state index is 0.00314. The largest absolute Gasteiger partial charge is 0.469 e. The number of ketones is 1. The van der Waals surface area contributed by atoms with Gasteiger partial charge in [0.15, 0.2) is 0 Å². The van der Waals surface area contributed by atoms with Crippen LogP contribution in [0.15, 0.2) is 29.2 Å². The van der Waals surface area contributed by atoms with Gasteiger partial charge in [0, 0.05) is 18.4 Å². The molecule has 0 bridgehead atoms. The number of carbonyl (C=O) groups is 2. The number of primary sulfonamides is 1. The minimum Gasteiger partial charge on any atom is -0.469 e. The molecule has 3 N–H and O–H groups in total. The van der Waals surface area contributed by atoms with Crippen molar-refractivity contribution in [3.63, 3.8) is 0 Å². The van der Waals surface area contributed by atoms with Gasteiger partial charge in [-0.1, -0.05) is 30.7 Å². The molecule has 29 heavy (non-hydrogen) atoms. The van der Waals surface area contributed by atoms with E-state index in [0.29, 0.717) is 18.4 Å². The van der Waals surface area contributed by atoms with E-state index in [0.717, 1.165) is 25.7 Å². The second-order valence-electron chi connectivity index (χ2n) is 7.43. The van der Waals surface area contributed by atoms with Crippen LogP contribution in [0.25, 0.3) is 0 Å². The molecule has 1 saturated carbocycles. The Labute approximate surface area is 171 Å². The number of rotatable bonds is 8. The van der Waals surface area contributed by atoms with Crippen molar-refractivity contribution < 1.29 is 27.9 Å². The second-order valence-corrected chi connectivity index (χ2v) is 8.99. The first-order valence-corrected chi connectivity index (χ1v) is 11.1. The third kappa shape index (κ3) is 6.96. The van der Waals surface area contributed by atoms with Gasteiger partial charge in [-0.2, -0.15) is 0 Å². The highest BCUT2D eigenvalue weighted by Gasteiger charge is 2.39. The molecule has 1 atom stereocenters. The summed E-state index contributed by atoms with van der Waals surface area (Å²) >= 11 is 0. The van der Waals surface area contributed by atoms with E-state index in [-0.39, 0.29) is 29.4 Å². The van der Waals surface area contributed by atoms with Crippen molar-refractivity contribution in [2.24, 2.45) is 11.1 Å². The summed E-state index contributed by atoms with van der Waals surface area (Å²) in [5.41, 5.74) is -0.707. The highest BCUT2D eigenvalue weighted by molar-refractivity contribution is 7.89. The van der Waals surface area contributed by atoms with Gasteiger partial charge in [0.05, 0.1) is 17.6 Å². The summed E-state index contributed by atoms with van der Waals surface area (Å²) in [5.74, 6) is 4.85. The van der Waals surface area contributed by atoms with Gasteiger partial charge in [0.25, 0.3) is 0 Å². The van der Waals surface area contributed by atoms with Crippen molar-refractivity contribution in [1.29, 1.82) is 0 Å². The summed E-state index contributed by atoms with van der Waals surface area (Å²) in [6.45, 7) is 0. The van der Waals surface area contributed by atoms with E-state index in [4.69, 9.17) is 5.14 Å². The van der Waals surface area contributed by atoms with Crippen LogP contribution < -0.4 is 5.14 Å². The number of methoxy groups -OCH3 is 1. The van der Waals surface area contributed by atoms with Crippen LogP contribution in [0.4, 0.5) is 0 Å². The van der Waals surface area contributed by atoms with Gasteiger partial charge in [-0.05, 0) is 43.4 Å². The molecule has 0 aromatic heterocycles. The molecule has 1 fully saturated rings. The van der Waals surface area contributed by atoms with Gasteiger partial charge in [-0.25, -0.2) is 13.6 Å². The number of ether oxygens (including phenoxy) is 1. The number of esters is 1. The zero-order valence-corrected chi connectivity index (χ0v) is 17.3. The first-order chi connectivity index (χ1) is 13.6. The topological polar surface area (TPSA) is 124 Å². The van der Waals surface area contributed by atoms with Crippen molar-refractivity contribution in [1.82, 2.24) is 0 Å². The van der Waals surface area contributed by atoms with E-state index in [9.17, 15) is 23.1 Å². The predicted octanol–water partition coefficient (Wildman–Crippen LogP) is 1.91. The molecule has 0 heterocycles. The van der Waals surface area contributed by atoms with Crippen LogP contribution >= 0.6 is 0 Å². The highest BCUT2D eigenvalue weighted by Crippen LogP contribution is 2.39. The zero-order chi connectivity index (χ0) is 21.5. The Morgan fingerprint density at radius 3 is 2.62 bits per heavy atom. The molecular formula is C21H27NO6S. The molecule has 1 aliphatic rings. The maximum Gasteiger partial charge on any atom is 0.313 e. The average Bonchev–Trinajstić information content (AvgIpc) is 3.20. The molecule has 0 saturated heterocycles. The summed E-state index contributed by atoms with van der Waals surface area (Å²) in [5, 5.41) is 16.3. The fourth-order valence-corrected chi connectivity index (χ4v) is 4.29.